The zero-order valence-corrected chi connectivity index (χ0v) is 20.7. The predicted octanol–water partition coefficient (Wildman–Crippen LogP) is 5.10. The van der Waals surface area contributed by atoms with Crippen molar-refractivity contribution in [2.45, 2.75) is 31.6 Å². The number of carbonyl (C=O) groups is 1. The van der Waals surface area contributed by atoms with Gasteiger partial charge in [-0.2, -0.15) is 0 Å². The molecule has 0 aliphatic carbocycles. The fourth-order valence-corrected chi connectivity index (χ4v) is 6.11. The van der Waals surface area contributed by atoms with Crippen molar-refractivity contribution in [1.82, 2.24) is 9.62 Å². The van der Waals surface area contributed by atoms with Crippen LogP contribution in [-0.2, 0) is 20.6 Å². The highest BCUT2D eigenvalue weighted by Gasteiger charge is 2.32. The number of nitrogens with one attached hydrogen (secondary N) is 1. The first-order chi connectivity index (χ1) is 16.3. The summed E-state index contributed by atoms with van der Waals surface area (Å²) >= 11 is 6.00. The monoisotopic (exact) mass is 496 g/mol. The summed E-state index contributed by atoms with van der Waals surface area (Å²) in [4.78, 5) is 13.2. The quantitative estimate of drug-likeness (QED) is 0.495. The maximum Gasteiger partial charge on any atom is 0.223 e. The molecule has 3 aromatic carbocycles. The van der Waals surface area contributed by atoms with Crippen LogP contribution in [0.2, 0.25) is 5.02 Å². The Morgan fingerprint density at radius 3 is 2.26 bits per heavy atom. The molecule has 1 atom stereocenters. The van der Waals surface area contributed by atoms with Crippen molar-refractivity contribution in [3.05, 3.63) is 106 Å². The van der Waals surface area contributed by atoms with Crippen LogP contribution in [0.25, 0.3) is 0 Å². The number of hydrogen-bond acceptors (Lipinski definition) is 3. The van der Waals surface area contributed by atoms with Crippen molar-refractivity contribution in [3.8, 4) is 0 Å². The van der Waals surface area contributed by atoms with E-state index in [1.165, 1.54) is 4.31 Å². The van der Waals surface area contributed by atoms with E-state index in [1.807, 2.05) is 61.5 Å². The van der Waals surface area contributed by atoms with E-state index in [9.17, 15) is 13.2 Å². The number of amides is 1. The van der Waals surface area contributed by atoms with E-state index in [4.69, 9.17) is 11.6 Å². The lowest BCUT2D eigenvalue weighted by molar-refractivity contribution is -0.126. The van der Waals surface area contributed by atoms with Crippen LogP contribution in [0.5, 0.6) is 0 Å². The third-order valence-electron chi connectivity index (χ3n) is 6.29. The van der Waals surface area contributed by atoms with Gasteiger partial charge in [0.2, 0.25) is 15.9 Å². The van der Waals surface area contributed by atoms with Gasteiger partial charge in [-0.1, -0.05) is 83.9 Å². The van der Waals surface area contributed by atoms with E-state index in [2.05, 4.69) is 5.32 Å². The molecule has 5 nitrogen and oxygen atoms in total. The van der Waals surface area contributed by atoms with Gasteiger partial charge < -0.3 is 5.32 Å². The summed E-state index contributed by atoms with van der Waals surface area (Å²) < 4.78 is 27.3. The largest absolute Gasteiger partial charge is 0.345 e. The van der Waals surface area contributed by atoms with Gasteiger partial charge in [-0.25, -0.2) is 12.7 Å². The van der Waals surface area contributed by atoms with Crippen LogP contribution in [0.1, 0.15) is 41.1 Å². The van der Waals surface area contributed by atoms with Gasteiger partial charge in [0.25, 0.3) is 0 Å². The van der Waals surface area contributed by atoms with Crippen molar-refractivity contribution in [2.75, 3.05) is 13.1 Å². The van der Waals surface area contributed by atoms with Crippen LogP contribution in [0.4, 0.5) is 0 Å². The Bertz CT molecular complexity index is 1220. The van der Waals surface area contributed by atoms with Crippen LogP contribution in [0, 0.1) is 12.8 Å². The van der Waals surface area contributed by atoms with Gasteiger partial charge >= 0.3 is 0 Å². The van der Waals surface area contributed by atoms with Gasteiger partial charge in [0, 0.05) is 24.0 Å². The molecule has 4 rings (SSSR count). The van der Waals surface area contributed by atoms with Gasteiger partial charge in [-0.15, -0.1) is 0 Å². The molecule has 0 aromatic heterocycles. The molecule has 1 fully saturated rings. The maximum absolute atomic E-state index is 13.2. The number of hydrogen-bond donors (Lipinski definition) is 1. The molecule has 1 saturated heterocycles. The number of halogens is 1. The highest BCUT2D eigenvalue weighted by molar-refractivity contribution is 7.88. The molecule has 1 N–H and O–H groups in total. The zero-order valence-electron chi connectivity index (χ0n) is 19.2. The summed E-state index contributed by atoms with van der Waals surface area (Å²) in [5, 5.41) is 3.74. The van der Waals surface area contributed by atoms with Crippen LogP contribution < -0.4 is 5.32 Å². The van der Waals surface area contributed by atoms with E-state index >= 15 is 0 Å². The minimum Gasteiger partial charge on any atom is -0.345 e. The molecule has 1 heterocycles. The maximum atomic E-state index is 13.2. The number of piperidine rings is 1. The molecule has 1 aliphatic heterocycles. The third kappa shape index (κ3) is 6.06. The average Bonchev–Trinajstić information content (AvgIpc) is 2.83. The zero-order chi connectivity index (χ0) is 24.1. The van der Waals surface area contributed by atoms with Crippen LogP contribution in [-0.4, -0.2) is 31.7 Å². The molecule has 0 saturated carbocycles. The van der Waals surface area contributed by atoms with Crippen molar-refractivity contribution < 1.29 is 13.2 Å². The van der Waals surface area contributed by atoms with Crippen LogP contribution in [0.15, 0.2) is 78.9 Å². The normalized spacial score (nSPS) is 16.2. The molecule has 0 spiro atoms. The van der Waals surface area contributed by atoms with Crippen molar-refractivity contribution in [3.63, 3.8) is 0 Å². The topological polar surface area (TPSA) is 66.5 Å². The standard InChI is InChI=1S/C27H29ClN2O3S/c1-20-10-12-23(13-11-20)26(22-7-3-2-4-8-22)29-27(31)24-14-16-30(17-15-24)34(32,33)19-21-6-5-9-25(28)18-21/h2-13,18,24,26H,14-17,19H2,1H3,(H,29,31)/t26-/m0/s1. The van der Waals surface area contributed by atoms with Crippen LogP contribution in [0.3, 0.4) is 0 Å². The summed E-state index contributed by atoms with van der Waals surface area (Å²) in [7, 11) is -3.47. The Morgan fingerprint density at radius 1 is 0.971 bits per heavy atom. The number of rotatable bonds is 7. The molecule has 34 heavy (non-hydrogen) atoms. The molecule has 0 radical (unpaired) electrons. The van der Waals surface area contributed by atoms with E-state index in [0.717, 1.165) is 16.7 Å². The Morgan fingerprint density at radius 2 is 1.62 bits per heavy atom. The second-order valence-corrected chi connectivity index (χ2v) is 11.2. The SMILES string of the molecule is Cc1ccc([C@@H](NC(=O)C2CCN(S(=O)(=O)Cc3cccc(Cl)c3)CC2)c2ccccc2)cc1. The molecule has 1 aliphatic rings. The van der Waals surface area contributed by atoms with E-state index in [1.54, 1.807) is 24.3 Å². The smallest absolute Gasteiger partial charge is 0.223 e. The van der Waals surface area contributed by atoms with Gasteiger partial charge in [0.15, 0.2) is 0 Å². The molecule has 3 aromatic rings. The first kappa shape index (κ1) is 24.5. The van der Waals surface area contributed by atoms with E-state index in [0.29, 0.717) is 36.5 Å². The van der Waals surface area contributed by atoms with E-state index in [-0.39, 0.29) is 23.6 Å². The summed E-state index contributed by atoms with van der Waals surface area (Å²) in [6, 6.07) is 24.7. The fraction of sp³-hybridized carbons (Fsp3) is 0.296. The number of benzene rings is 3. The second-order valence-electron chi connectivity index (χ2n) is 8.82. The van der Waals surface area contributed by atoms with Gasteiger partial charge in [-0.05, 0) is 48.6 Å². The predicted molar refractivity (Wildman–Crippen MR) is 136 cm³/mol. The lowest BCUT2D eigenvalue weighted by Gasteiger charge is -2.31. The second kappa shape index (κ2) is 10.7. The van der Waals surface area contributed by atoms with Crippen molar-refractivity contribution in [2.24, 2.45) is 5.92 Å². The first-order valence-corrected chi connectivity index (χ1v) is 13.4. The highest BCUT2D eigenvalue weighted by atomic mass is 35.5. The summed E-state index contributed by atoms with van der Waals surface area (Å²) in [6.45, 7) is 2.71. The number of aryl methyl sites for hydroxylation is 1. The van der Waals surface area contributed by atoms with Crippen molar-refractivity contribution >= 4 is 27.5 Å². The Hall–Kier alpha value is -2.67. The molecule has 0 unspecified atom stereocenters. The average molecular weight is 497 g/mol. The van der Waals surface area contributed by atoms with Gasteiger partial charge in [0.05, 0.1) is 11.8 Å². The molecule has 1 amide bonds. The minimum atomic E-state index is -3.47. The summed E-state index contributed by atoms with van der Waals surface area (Å²) in [5.41, 5.74) is 3.86. The Labute approximate surface area is 206 Å². The van der Waals surface area contributed by atoms with Gasteiger partial charge in [-0.3, -0.25) is 4.79 Å². The molecular formula is C27H29ClN2O3S. The fourth-order valence-electron chi connectivity index (χ4n) is 4.35. The van der Waals surface area contributed by atoms with Crippen LogP contribution >= 0.6 is 11.6 Å². The lowest BCUT2D eigenvalue weighted by Crippen LogP contribution is -2.44. The molecule has 0 bridgehead atoms. The minimum absolute atomic E-state index is 0.0404. The molecule has 178 valence electrons. The Balaban J connectivity index is 1.41. The number of nitrogens with zero attached hydrogens (tertiary/aromatic N) is 1. The van der Waals surface area contributed by atoms with Crippen molar-refractivity contribution in [1.29, 1.82) is 0 Å². The molecule has 7 heteroatoms. The number of sulfonamides is 1. The highest BCUT2D eigenvalue weighted by Crippen LogP contribution is 2.26. The summed E-state index contributed by atoms with van der Waals surface area (Å²) in [5.74, 6) is -0.357. The summed E-state index contributed by atoms with van der Waals surface area (Å²) in [6.07, 6.45) is 0.992. The van der Waals surface area contributed by atoms with Gasteiger partial charge in [0.1, 0.15) is 0 Å². The third-order valence-corrected chi connectivity index (χ3v) is 8.37. The Kier molecular flexibility index (Phi) is 7.71. The molecular weight excluding hydrogens is 468 g/mol. The lowest BCUT2D eigenvalue weighted by atomic mass is 9.94. The number of carbonyl (C=O) groups excluding carboxylic acids is 1. The first-order valence-electron chi connectivity index (χ1n) is 11.5. The van der Waals surface area contributed by atoms with E-state index < -0.39 is 10.0 Å².